The van der Waals surface area contributed by atoms with Gasteiger partial charge in [-0.25, -0.2) is 9.78 Å². The number of aromatic nitrogens is 1. The third kappa shape index (κ3) is 3.88. The monoisotopic (exact) mass is 266 g/mol. The number of nitrogens with zero attached hydrogens (tertiary/aromatic N) is 3. The SMILES string of the molecule is C=CCOC(=O)/C(=N\OCC#N)c1csc(N)n1. The third-order valence-electron chi connectivity index (χ3n) is 1.58. The summed E-state index contributed by atoms with van der Waals surface area (Å²) in [6, 6.07) is 1.72. The van der Waals surface area contributed by atoms with E-state index < -0.39 is 5.97 Å². The summed E-state index contributed by atoms with van der Waals surface area (Å²) in [4.78, 5) is 20.2. The van der Waals surface area contributed by atoms with Crippen LogP contribution >= 0.6 is 11.3 Å². The van der Waals surface area contributed by atoms with Gasteiger partial charge < -0.3 is 15.3 Å². The number of ether oxygens (including phenoxy) is 1. The molecular weight excluding hydrogens is 256 g/mol. The van der Waals surface area contributed by atoms with Gasteiger partial charge in [-0.1, -0.05) is 17.8 Å². The minimum Gasteiger partial charge on any atom is -0.457 e. The molecule has 0 saturated carbocycles. The van der Waals surface area contributed by atoms with E-state index in [0.717, 1.165) is 11.3 Å². The molecule has 7 nitrogen and oxygen atoms in total. The Hall–Kier alpha value is -2.40. The van der Waals surface area contributed by atoms with Gasteiger partial charge in [0.2, 0.25) is 12.3 Å². The van der Waals surface area contributed by atoms with E-state index in [1.165, 1.54) is 6.08 Å². The molecule has 1 heterocycles. The van der Waals surface area contributed by atoms with Gasteiger partial charge in [0, 0.05) is 5.38 Å². The van der Waals surface area contributed by atoms with Crippen LogP contribution in [0.25, 0.3) is 0 Å². The van der Waals surface area contributed by atoms with E-state index in [9.17, 15) is 4.79 Å². The van der Waals surface area contributed by atoms with Gasteiger partial charge >= 0.3 is 5.97 Å². The van der Waals surface area contributed by atoms with Crippen molar-refractivity contribution in [3.63, 3.8) is 0 Å². The summed E-state index contributed by atoms with van der Waals surface area (Å²) in [7, 11) is 0. The van der Waals surface area contributed by atoms with Crippen LogP contribution in [0, 0.1) is 11.3 Å². The molecule has 2 N–H and O–H groups in total. The number of nitriles is 1. The first-order chi connectivity index (χ1) is 8.69. The first-order valence-electron chi connectivity index (χ1n) is 4.75. The number of carbonyl (C=O) groups is 1. The highest BCUT2D eigenvalue weighted by Gasteiger charge is 2.19. The van der Waals surface area contributed by atoms with E-state index in [-0.39, 0.29) is 29.8 Å². The van der Waals surface area contributed by atoms with Crippen molar-refractivity contribution in [3.8, 4) is 6.07 Å². The average molecular weight is 266 g/mol. The number of nitrogens with two attached hydrogens (primary N) is 1. The quantitative estimate of drug-likeness (QED) is 0.267. The molecule has 0 aliphatic heterocycles. The van der Waals surface area contributed by atoms with E-state index in [4.69, 9.17) is 15.7 Å². The number of hydrogen-bond donors (Lipinski definition) is 1. The largest absolute Gasteiger partial charge is 0.457 e. The Labute approximate surface area is 107 Å². The molecular formula is C10H10N4O3S. The van der Waals surface area contributed by atoms with Crippen molar-refractivity contribution in [1.82, 2.24) is 4.98 Å². The molecule has 1 rings (SSSR count). The number of hydrogen-bond acceptors (Lipinski definition) is 8. The van der Waals surface area contributed by atoms with Crippen LogP contribution in [-0.4, -0.2) is 29.9 Å². The molecule has 0 amide bonds. The van der Waals surface area contributed by atoms with Gasteiger partial charge in [-0.15, -0.1) is 11.3 Å². The summed E-state index contributed by atoms with van der Waals surface area (Å²) in [6.45, 7) is 3.18. The molecule has 0 unspecified atom stereocenters. The van der Waals surface area contributed by atoms with E-state index in [1.807, 2.05) is 0 Å². The molecule has 0 atom stereocenters. The number of thiazole rings is 1. The maximum atomic E-state index is 11.7. The normalized spacial score (nSPS) is 10.5. The number of rotatable bonds is 6. The lowest BCUT2D eigenvalue weighted by Crippen LogP contribution is -2.20. The lowest BCUT2D eigenvalue weighted by molar-refractivity contribution is -0.134. The topological polar surface area (TPSA) is 111 Å². The third-order valence-corrected chi connectivity index (χ3v) is 2.25. The molecule has 1 aromatic rings. The van der Waals surface area contributed by atoms with Crippen LogP contribution in [-0.2, 0) is 14.4 Å². The highest BCUT2D eigenvalue weighted by molar-refractivity contribution is 7.13. The Kier molecular flexibility index (Phi) is 5.34. The molecule has 94 valence electrons. The van der Waals surface area contributed by atoms with E-state index in [0.29, 0.717) is 0 Å². The van der Waals surface area contributed by atoms with Crippen molar-refractivity contribution in [1.29, 1.82) is 5.26 Å². The van der Waals surface area contributed by atoms with Gasteiger partial charge in [0.05, 0.1) is 0 Å². The average Bonchev–Trinajstić information content (AvgIpc) is 2.78. The first-order valence-corrected chi connectivity index (χ1v) is 5.63. The van der Waals surface area contributed by atoms with Crippen molar-refractivity contribution < 1.29 is 14.4 Å². The zero-order chi connectivity index (χ0) is 13.4. The standard InChI is InChI=1S/C10H10N4O3S/c1-2-4-16-9(15)8(14-17-5-3-11)7-6-18-10(12)13-7/h2,6H,1,4-5H2,(H2,12,13)/b14-8-. The Morgan fingerprint density at radius 1 is 1.78 bits per heavy atom. The van der Waals surface area contributed by atoms with E-state index in [2.05, 4.69) is 21.6 Å². The zero-order valence-corrected chi connectivity index (χ0v) is 10.1. The minimum atomic E-state index is -0.724. The Morgan fingerprint density at radius 2 is 2.56 bits per heavy atom. The fourth-order valence-corrected chi connectivity index (χ4v) is 1.46. The predicted molar refractivity (Wildman–Crippen MR) is 65.8 cm³/mol. The molecule has 0 aliphatic rings. The lowest BCUT2D eigenvalue weighted by atomic mass is 10.3. The second kappa shape index (κ2) is 7.03. The molecule has 18 heavy (non-hydrogen) atoms. The predicted octanol–water partition coefficient (Wildman–Crippen LogP) is 0.699. The van der Waals surface area contributed by atoms with Crippen LogP contribution in [0.3, 0.4) is 0 Å². The van der Waals surface area contributed by atoms with E-state index >= 15 is 0 Å². The lowest BCUT2D eigenvalue weighted by Gasteiger charge is -2.02. The fourth-order valence-electron chi connectivity index (χ4n) is 0.914. The number of oxime groups is 1. The number of nitrogen functional groups attached to an aromatic ring is 1. The van der Waals surface area contributed by atoms with Crippen LogP contribution in [0.5, 0.6) is 0 Å². The highest BCUT2D eigenvalue weighted by Crippen LogP contribution is 2.13. The van der Waals surface area contributed by atoms with E-state index in [1.54, 1.807) is 11.4 Å². The first kappa shape index (κ1) is 13.7. The Bertz CT molecular complexity index is 503. The van der Waals surface area contributed by atoms with Gasteiger partial charge in [0.25, 0.3) is 0 Å². The second-order valence-corrected chi connectivity index (χ2v) is 3.72. The smallest absolute Gasteiger partial charge is 0.363 e. The number of carbonyl (C=O) groups excluding carboxylic acids is 1. The highest BCUT2D eigenvalue weighted by atomic mass is 32.1. The molecule has 0 aromatic carbocycles. The minimum absolute atomic E-state index is 0.0374. The Morgan fingerprint density at radius 3 is 3.11 bits per heavy atom. The van der Waals surface area contributed by atoms with Crippen LogP contribution in [0.4, 0.5) is 5.13 Å². The van der Waals surface area contributed by atoms with Crippen molar-refractivity contribution >= 4 is 28.1 Å². The van der Waals surface area contributed by atoms with Gasteiger partial charge in [0.1, 0.15) is 18.4 Å². The van der Waals surface area contributed by atoms with Crippen molar-refractivity contribution in [2.75, 3.05) is 18.9 Å². The number of esters is 1. The van der Waals surface area contributed by atoms with Gasteiger partial charge in [-0.3, -0.25) is 0 Å². The summed E-state index contributed by atoms with van der Waals surface area (Å²) < 4.78 is 4.82. The second-order valence-electron chi connectivity index (χ2n) is 2.83. The molecule has 0 bridgehead atoms. The van der Waals surface area contributed by atoms with Crippen LogP contribution < -0.4 is 5.73 Å². The molecule has 1 aromatic heterocycles. The molecule has 0 saturated heterocycles. The zero-order valence-electron chi connectivity index (χ0n) is 9.33. The van der Waals surface area contributed by atoms with Gasteiger partial charge in [-0.05, 0) is 0 Å². The maximum absolute atomic E-state index is 11.7. The van der Waals surface area contributed by atoms with Gasteiger partial charge in [-0.2, -0.15) is 5.26 Å². The molecule has 0 fully saturated rings. The summed E-state index contributed by atoms with van der Waals surface area (Å²) in [5.74, 6) is -0.724. The van der Waals surface area contributed by atoms with Crippen molar-refractivity contribution in [2.24, 2.45) is 5.16 Å². The van der Waals surface area contributed by atoms with Gasteiger partial charge in [0.15, 0.2) is 5.13 Å². The van der Waals surface area contributed by atoms with Crippen LogP contribution in [0.1, 0.15) is 5.69 Å². The number of anilines is 1. The fraction of sp³-hybridized carbons (Fsp3) is 0.200. The molecule has 0 spiro atoms. The molecule has 0 aliphatic carbocycles. The van der Waals surface area contributed by atoms with Crippen LogP contribution in [0.15, 0.2) is 23.2 Å². The summed E-state index contributed by atoms with van der Waals surface area (Å²) in [5, 5.41) is 13.7. The molecule has 0 radical (unpaired) electrons. The maximum Gasteiger partial charge on any atom is 0.363 e. The van der Waals surface area contributed by atoms with Crippen LogP contribution in [0.2, 0.25) is 0 Å². The summed E-state index contributed by atoms with van der Waals surface area (Å²) in [6.07, 6.45) is 1.42. The van der Waals surface area contributed by atoms with Crippen molar-refractivity contribution in [2.45, 2.75) is 0 Å². The molecule has 8 heteroatoms. The van der Waals surface area contributed by atoms with Crippen molar-refractivity contribution in [3.05, 3.63) is 23.7 Å². The summed E-state index contributed by atoms with van der Waals surface area (Å²) >= 11 is 1.15. The Balaban J connectivity index is 2.88. The summed E-state index contributed by atoms with van der Waals surface area (Å²) in [5.41, 5.74) is 5.56.